The number of aromatic nitrogens is 3. The standard InChI is InChI=1S/C26H22F2N4O3/c1-15-3-4-16(25(33)32-7-9-35-10-8-32)11-20(15)21-12-17-14-29-30-23(24(17)31(2)26(21)34)19-6-5-18(27)13-22(19)28/h3-6,11-14H,7-10H2,1-2H3. The van der Waals surface area contributed by atoms with Crippen LogP contribution in [0.15, 0.2) is 53.5 Å². The molecule has 7 nitrogen and oxygen atoms in total. The number of carbonyl (C=O) groups excluding carboxylic acids is 1. The first-order valence-corrected chi connectivity index (χ1v) is 11.1. The highest BCUT2D eigenvalue weighted by Crippen LogP contribution is 2.30. The molecule has 5 rings (SSSR count). The summed E-state index contributed by atoms with van der Waals surface area (Å²) in [5.41, 5.74) is 2.53. The summed E-state index contributed by atoms with van der Waals surface area (Å²) >= 11 is 0. The zero-order chi connectivity index (χ0) is 24.7. The van der Waals surface area contributed by atoms with Crippen LogP contribution in [0.3, 0.4) is 0 Å². The first-order chi connectivity index (χ1) is 16.8. The number of amides is 1. The van der Waals surface area contributed by atoms with Crippen molar-refractivity contribution in [1.29, 1.82) is 0 Å². The molecule has 0 radical (unpaired) electrons. The van der Waals surface area contributed by atoms with Crippen molar-refractivity contribution >= 4 is 16.8 Å². The van der Waals surface area contributed by atoms with Crippen LogP contribution < -0.4 is 5.56 Å². The Labute approximate surface area is 199 Å². The van der Waals surface area contributed by atoms with E-state index in [9.17, 15) is 18.4 Å². The van der Waals surface area contributed by atoms with Gasteiger partial charge in [0.15, 0.2) is 0 Å². The molecule has 1 aliphatic rings. The molecule has 0 bridgehead atoms. The average Bonchev–Trinajstić information content (AvgIpc) is 2.86. The lowest BCUT2D eigenvalue weighted by Gasteiger charge is -2.27. The highest BCUT2D eigenvalue weighted by Gasteiger charge is 2.21. The number of rotatable bonds is 3. The minimum atomic E-state index is -0.798. The molecule has 1 aliphatic heterocycles. The van der Waals surface area contributed by atoms with Crippen LogP contribution >= 0.6 is 0 Å². The van der Waals surface area contributed by atoms with E-state index in [0.29, 0.717) is 53.9 Å². The van der Waals surface area contributed by atoms with Gasteiger partial charge in [-0.15, -0.1) is 5.10 Å². The van der Waals surface area contributed by atoms with Crippen LogP contribution in [0.25, 0.3) is 33.3 Å². The number of halogens is 2. The monoisotopic (exact) mass is 476 g/mol. The summed E-state index contributed by atoms with van der Waals surface area (Å²) in [6, 6.07) is 10.1. The molecule has 2 aromatic heterocycles. The van der Waals surface area contributed by atoms with E-state index in [1.165, 1.54) is 16.8 Å². The van der Waals surface area contributed by atoms with Crippen LogP contribution in [0.1, 0.15) is 15.9 Å². The van der Waals surface area contributed by atoms with E-state index in [-0.39, 0.29) is 22.7 Å². The molecule has 0 aliphatic carbocycles. The Morgan fingerprint density at radius 1 is 1.00 bits per heavy atom. The summed E-state index contributed by atoms with van der Waals surface area (Å²) < 4.78 is 34.7. The van der Waals surface area contributed by atoms with Crippen LogP contribution in [0, 0.1) is 18.6 Å². The van der Waals surface area contributed by atoms with Crippen molar-refractivity contribution in [3.63, 3.8) is 0 Å². The van der Waals surface area contributed by atoms with Crippen molar-refractivity contribution in [2.24, 2.45) is 7.05 Å². The Hall–Kier alpha value is -3.98. The van der Waals surface area contributed by atoms with Crippen LogP contribution in [-0.2, 0) is 11.8 Å². The van der Waals surface area contributed by atoms with Crippen molar-refractivity contribution < 1.29 is 18.3 Å². The molecule has 0 N–H and O–H groups in total. The summed E-state index contributed by atoms with van der Waals surface area (Å²) in [5, 5.41) is 8.59. The van der Waals surface area contributed by atoms with Gasteiger partial charge in [0.05, 0.1) is 24.9 Å². The molecular formula is C26H22F2N4O3. The third-order valence-corrected chi connectivity index (χ3v) is 6.28. The molecule has 35 heavy (non-hydrogen) atoms. The molecule has 0 saturated carbocycles. The van der Waals surface area contributed by atoms with Gasteiger partial charge in [0.25, 0.3) is 11.5 Å². The van der Waals surface area contributed by atoms with E-state index < -0.39 is 11.6 Å². The summed E-state index contributed by atoms with van der Waals surface area (Å²) in [6.07, 6.45) is 1.49. The Bertz CT molecular complexity index is 1530. The van der Waals surface area contributed by atoms with Gasteiger partial charge in [0, 0.05) is 48.3 Å². The third-order valence-electron chi connectivity index (χ3n) is 6.28. The van der Waals surface area contributed by atoms with Crippen molar-refractivity contribution in [1.82, 2.24) is 19.7 Å². The molecule has 4 aromatic rings. The van der Waals surface area contributed by atoms with Gasteiger partial charge in [-0.2, -0.15) is 5.10 Å². The summed E-state index contributed by atoms with van der Waals surface area (Å²) in [5.74, 6) is -1.63. The Morgan fingerprint density at radius 2 is 1.77 bits per heavy atom. The number of nitrogens with zero attached hydrogens (tertiary/aromatic N) is 4. The zero-order valence-electron chi connectivity index (χ0n) is 19.2. The normalized spacial score (nSPS) is 13.9. The highest BCUT2D eigenvalue weighted by atomic mass is 19.1. The first kappa shape index (κ1) is 22.8. The number of ether oxygens (including phenoxy) is 1. The van der Waals surface area contributed by atoms with E-state index in [0.717, 1.165) is 17.7 Å². The fourth-order valence-corrected chi connectivity index (χ4v) is 4.40. The molecular weight excluding hydrogens is 454 g/mol. The fraction of sp³-hybridized carbons (Fsp3) is 0.231. The minimum absolute atomic E-state index is 0.0431. The molecule has 1 fully saturated rings. The number of pyridine rings is 1. The van der Waals surface area contributed by atoms with E-state index in [1.54, 1.807) is 30.1 Å². The quantitative estimate of drug-likeness (QED) is 0.451. The second-order valence-electron chi connectivity index (χ2n) is 8.48. The van der Waals surface area contributed by atoms with E-state index in [2.05, 4.69) is 10.2 Å². The predicted molar refractivity (Wildman–Crippen MR) is 127 cm³/mol. The number of carbonyl (C=O) groups is 1. The number of fused-ring (bicyclic) bond motifs is 1. The molecule has 9 heteroatoms. The van der Waals surface area contributed by atoms with Crippen LogP contribution in [-0.4, -0.2) is 51.9 Å². The maximum atomic E-state index is 14.5. The molecule has 0 unspecified atom stereocenters. The third kappa shape index (κ3) is 4.08. The number of hydrogen-bond donors (Lipinski definition) is 0. The lowest BCUT2D eigenvalue weighted by atomic mass is 9.97. The lowest BCUT2D eigenvalue weighted by molar-refractivity contribution is 0.0303. The predicted octanol–water partition coefficient (Wildman–Crippen LogP) is 3.72. The minimum Gasteiger partial charge on any atom is -0.378 e. The number of morpholine rings is 1. The average molecular weight is 476 g/mol. The highest BCUT2D eigenvalue weighted by molar-refractivity contribution is 5.97. The zero-order valence-corrected chi connectivity index (χ0v) is 19.2. The van der Waals surface area contributed by atoms with Crippen molar-refractivity contribution in [2.45, 2.75) is 6.92 Å². The second kappa shape index (κ2) is 8.99. The van der Waals surface area contributed by atoms with Gasteiger partial charge >= 0.3 is 0 Å². The molecule has 1 saturated heterocycles. The van der Waals surface area contributed by atoms with Gasteiger partial charge in [-0.1, -0.05) is 6.07 Å². The fourth-order valence-electron chi connectivity index (χ4n) is 4.40. The smallest absolute Gasteiger partial charge is 0.258 e. The molecule has 2 aromatic carbocycles. The molecule has 0 spiro atoms. The first-order valence-electron chi connectivity index (χ1n) is 11.1. The number of hydrogen-bond acceptors (Lipinski definition) is 5. The Morgan fingerprint density at radius 3 is 2.51 bits per heavy atom. The van der Waals surface area contributed by atoms with Gasteiger partial charge < -0.3 is 14.2 Å². The van der Waals surface area contributed by atoms with E-state index in [1.807, 2.05) is 13.0 Å². The SMILES string of the molecule is Cc1ccc(C(=O)N2CCOCC2)cc1-c1cc2cnnc(-c3ccc(F)cc3F)c2n(C)c1=O. The number of benzene rings is 2. The maximum absolute atomic E-state index is 14.5. The number of aryl methyl sites for hydroxylation is 2. The van der Waals surface area contributed by atoms with Crippen LogP contribution in [0.4, 0.5) is 8.78 Å². The second-order valence-corrected chi connectivity index (χ2v) is 8.48. The van der Waals surface area contributed by atoms with Gasteiger partial charge in [-0.25, -0.2) is 8.78 Å². The maximum Gasteiger partial charge on any atom is 0.258 e. The summed E-state index contributed by atoms with van der Waals surface area (Å²) in [7, 11) is 1.57. The van der Waals surface area contributed by atoms with Gasteiger partial charge in [0.2, 0.25) is 0 Å². The van der Waals surface area contributed by atoms with Crippen LogP contribution in [0.5, 0.6) is 0 Å². The largest absolute Gasteiger partial charge is 0.378 e. The van der Waals surface area contributed by atoms with Gasteiger partial charge in [-0.05, 0) is 48.4 Å². The van der Waals surface area contributed by atoms with Gasteiger partial charge in [-0.3, -0.25) is 9.59 Å². The van der Waals surface area contributed by atoms with E-state index >= 15 is 0 Å². The van der Waals surface area contributed by atoms with Gasteiger partial charge in [0.1, 0.15) is 17.3 Å². The molecule has 178 valence electrons. The molecule has 1 amide bonds. The Balaban J connectivity index is 1.65. The summed E-state index contributed by atoms with van der Waals surface area (Å²) in [4.78, 5) is 28.2. The lowest BCUT2D eigenvalue weighted by Crippen LogP contribution is -2.40. The van der Waals surface area contributed by atoms with Crippen LogP contribution in [0.2, 0.25) is 0 Å². The van der Waals surface area contributed by atoms with Crippen molar-refractivity contribution in [3.8, 4) is 22.4 Å². The molecule has 0 atom stereocenters. The Kier molecular flexibility index (Phi) is 5.86. The van der Waals surface area contributed by atoms with Crippen molar-refractivity contribution in [2.75, 3.05) is 26.3 Å². The molecule has 3 heterocycles. The topological polar surface area (TPSA) is 77.3 Å². The summed E-state index contributed by atoms with van der Waals surface area (Å²) in [6.45, 7) is 3.88. The van der Waals surface area contributed by atoms with Crippen molar-refractivity contribution in [3.05, 3.63) is 81.8 Å². The van der Waals surface area contributed by atoms with E-state index in [4.69, 9.17) is 4.74 Å².